The highest BCUT2D eigenvalue weighted by Crippen LogP contribution is 2.43. The van der Waals surface area contributed by atoms with Crippen molar-refractivity contribution in [3.05, 3.63) is 86.9 Å². The van der Waals surface area contributed by atoms with E-state index in [9.17, 15) is 19.6 Å². The lowest BCUT2D eigenvalue weighted by Gasteiger charge is -2.31. The molecule has 0 saturated heterocycles. The Morgan fingerprint density at radius 1 is 1.15 bits per heavy atom. The van der Waals surface area contributed by atoms with Gasteiger partial charge in [-0.25, -0.2) is 4.79 Å². The number of carbonyl (C=O) groups excluding carboxylic acids is 3. The van der Waals surface area contributed by atoms with Crippen LogP contribution in [0.3, 0.4) is 0 Å². The number of hydrogen-bond acceptors (Lipinski definition) is 8. The van der Waals surface area contributed by atoms with E-state index in [1.807, 2.05) is 0 Å². The summed E-state index contributed by atoms with van der Waals surface area (Å²) in [6.07, 6.45) is 6.11. The van der Waals surface area contributed by atoms with Crippen LogP contribution in [-0.2, 0) is 19.1 Å². The number of nitrogens with zero attached hydrogens (tertiary/aromatic N) is 2. The standard InChI is InChI=1S/C30H29N4O6/c1-6-19-8-14-24(39-5)22(16-19)28-26(17(3)31-18(4)27(28)30(37)40-7-2)29(36)32-21-11-9-20(10-12-21)23-13-15-25(35)34(38)33-23/h1,8-12,14,16,28,31H,7,13,15H2,2-5H3,(H,32,36)/q-1. The monoisotopic (exact) mass is 541 g/mol. The SMILES string of the molecule is C#Cc1ccc(OC)c(C2C(C(=O)Nc3ccc(C4=NN([O-])C(=O)CC4)cc3)=C(C)NC(C)=C2C(=O)OCC)c1. The molecule has 2 aromatic rings. The molecule has 40 heavy (non-hydrogen) atoms. The third-order valence-electron chi connectivity index (χ3n) is 6.68. The number of benzene rings is 2. The van der Waals surface area contributed by atoms with Gasteiger partial charge in [0.25, 0.3) is 5.91 Å². The molecule has 0 bridgehead atoms. The first-order valence-electron chi connectivity index (χ1n) is 12.7. The van der Waals surface area contributed by atoms with Gasteiger partial charge < -0.3 is 30.5 Å². The second-order valence-electron chi connectivity index (χ2n) is 9.20. The Hall–Kier alpha value is -4.88. The highest BCUT2D eigenvalue weighted by atomic mass is 16.5. The average molecular weight is 542 g/mol. The summed E-state index contributed by atoms with van der Waals surface area (Å²) in [6.45, 7) is 5.37. The zero-order chi connectivity index (χ0) is 29.0. The summed E-state index contributed by atoms with van der Waals surface area (Å²) in [5.74, 6) is 0.635. The third kappa shape index (κ3) is 5.60. The molecule has 4 rings (SSSR count). The van der Waals surface area contributed by atoms with Crippen LogP contribution in [-0.4, -0.2) is 42.4 Å². The number of hydrazone groups is 1. The van der Waals surface area contributed by atoms with Crippen LogP contribution in [0.4, 0.5) is 5.69 Å². The molecule has 1 atom stereocenters. The van der Waals surface area contributed by atoms with Crippen LogP contribution < -0.4 is 15.4 Å². The maximum atomic E-state index is 13.8. The fraction of sp³-hybridized carbons (Fsp3) is 0.267. The molecule has 0 spiro atoms. The molecule has 2 amide bonds. The van der Waals surface area contributed by atoms with E-state index in [1.54, 1.807) is 63.2 Å². The van der Waals surface area contributed by atoms with Crippen molar-refractivity contribution in [1.82, 2.24) is 10.5 Å². The summed E-state index contributed by atoms with van der Waals surface area (Å²) in [6, 6.07) is 11.9. The molecule has 0 fully saturated rings. The van der Waals surface area contributed by atoms with Gasteiger partial charge in [-0.15, -0.1) is 6.42 Å². The first-order valence-corrected chi connectivity index (χ1v) is 12.7. The van der Waals surface area contributed by atoms with Crippen LogP contribution in [0.2, 0.25) is 0 Å². The molecule has 2 aliphatic rings. The van der Waals surface area contributed by atoms with Crippen LogP contribution in [0.1, 0.15) is 56.2 Å². The minimum Gasteiger partial charge on any atom is -0.735 e. The second kappa shape index (κ2) is 11.9. The Morgan fingerprint density at radius 2 is 1.85 bits per heavy atom. The Morgan fingerprint density at radius 3 is 2.48 bits per heavy atom. The molecule has 2 aliphatic heterocycles. The van der Waals surface area contributed by atoms with E-state index in [0.717, 1.165) is 0 Å². The molecule has 2 heterocycles. The number of allylic oxidation sites excluding steroid dienone is 2. The molecule has 10 heteroatoms. The maximum absolute atomic E-state index is 13.8. The van der Waals surface area contributed by atoms with E-state index < -0.39 is 23.7 Å². The molecule has 2 aromatic carbocycles. The molecular weight excluding hydrogens is 512 g/mol. The highest BCUT2D eigenvalue weighted by molar-refractivity contribution is 6.09. The van der Waals surface area contributed by atoms with Gasteiger partial charge in [0, 0.05) is 46.6 Å². The molecule has 10 nitrogen and oxygen atoms in total. The van der Waals surface area contributed by atoms with Crippen molar-refractivity contribution in [2.24, 2.45) is 5.10 Å². The Kier molecular flexibility index (Phi) is 8.36. The van der Waals surface area contributed by atoms with Gasteiger partial charge in [0.1, 0.15) is 5.75 Å². The number of amides is 2. The van der Waals surface area contributed by atoms with Gasteiger partial charge in [0.2, 0.25) is 5.91 Å². The summed E-state index contributed by atoms with van der Waals surface area (Å²) in [4.78, 5) is 38.5. The molecule has 0 aromatic heterocycles. The van der Waals surface area contributed by atoms with Gasteiger partial charge in [-0.2, -0.15) is 5.10 Å². The number of carbonyl (C=O) groups is 3. The number of hydrogen-bond donors (Lipinski definition) is 2. The number of rotatable bonds is 7. The summed E-state index contributed by atoms with van der Waals surface area (Å²) in [5, 5.41) is 21.6. The van der Waals surface area contributed by atoms with Crippen molar-refractivity contribution in [3.63, 3.8) is 0 Å². The summed E-state index contributed by atoms with van der Waals surface area (Å²) in [5.41, 5.74) is 4.41. The topological polar surface area (TPSA) is 132 Å². The summed E-state index contributed by atoms with van der Waals surface area (Å²) >= 11 is 0. The normalized spacial score (nSPS) is 17.1. The van der Waals surface area contributed by atoms with Crippen molar-refractivity contribution in [3.8, 4) is 18.1 Å². The highest BCUT2D eigenvalue weighted by Gasteiger charge is 2.39. The minimum absolute atomic E-state index is 0.0860. The number of anilines is 1. The number of methoxy groups -OCH3 is 1. The van der Waals surface area contributed by atoms with E-state index in [4.69, 9.17) is 15.9 Å². The predicted molar refractivity (Wildman–Crippen MR) is 150 cm³/mol. The van der Waals surface area contributed by atoms with E-state index in [-0.39, 0.29) is 23.8 Å². The average Bonchev–Trinajstić information content (AvgIpc) is 2.94. The zero-order valence-electron chi connectivity index (χ0n) is 22.7. The Bertz CT molecular complexity index is 1500. The van der Waals surface area contributed by atoms with Crippen LogP contribution in [0.5, 0.6) is 5.75 Å². The van der Waals surface area contributed by atoms with E-state index in [0.29, 0.717) is 57.2 Å². The number of terminal acetylenes is 1. The van der Waals surface area contributed by atoms with Crippen molar-refractivity contribution in [1.29, 1.82) is 0 Å². The second-order valence-corrected chi connectivity index (χ2v) is 9.20. The third-order valence-corrected chi connectivity index (χ3v) is 6.68. The molecule has 1 unspecified atom stereocenters. The minimum atomic E-state index is -0.833. The smallest absolute Gasteiger partial charge is 0.336 e. The number of nitrogens with one attached hydrogen (secondary N) is 2. The Balaban J connectivity index is 1.72. The lowest BCUT2D eigenvalue weighted by Crippen LogP contribution is -2.34. The van der Waals surface area contributed by atoms with Crippen molar-refractivity contribution in [2.45, 2.75) is 39.5 Å². The molecule has 206 valence electrons. The van der Waals surface area contributed by atoms with Crippen LogP contribution in [0.25, 0.3) is 0 Å². The van der Waals surface area contributed by atoms with Crippen LogP contribution in [0.15, 0.2) is 70.1 Å². The number of hydroxylamine groups is 1. The predicted octanol–water partition coefficient (Wildman–Crippen LogP) is 3.94. The van der Waals surface area contributed by atoms with E-state index >= 15 is 0 Å². The number of ether oxygens (including phenoxy) is 2. The maximum Gasteiger partial charge on any atom is 0.336 e. The van der Waals surface area contributed by atoms with Crippen molar-refractivity contribution >= 4 is 29.2 Å². The lowest BCUT2D eigenvalue weighted by atomic mass is 9.79. The van der Waals surface area contributed by atoms with Crippen molar-refractivity contribution in [2.75, 3.05) is 19.0 Å². The van der Waals surface area contributed by atoms with Crippen LogP contribution in [0, 0.1) is 17.6 Å². The fourth-order valence-electron chi connectivity index (χ4n) is 4.82. The van der Waals surface area contributed by atoms with Gasteiger partial charge in [-0.05, 0) is 56.7 Å². The van der Waals surface area contributed by atoms with Gasteiger partial charge >= 0.3 is 5.97 Å². The molecule has 0 radical (unpaired) electrons. The number of esters is 1. The van der Waals surface area contributed by atoms with Crippen molar-refractivity contribution < 1.29 is 23.9 Å². The fourth-order valence-corrected chi connectivity index (χ4v) is 4.82. The molecule has 2 N–H and O–H groups in total. The summed E-state index contributed by atoms with van der Waals surface area (Å²) < 4.78 is 11.0. The van der Waals surface area contributed by atoms with Crippen LogP contribution >= 0.6 is 0 Å². The van der Waals surface area contributed by atoms with Gasteiger partial charge in [0.15, 0.2) is 0 Å². The van der Waals surface area contributed by atoms with E-state index in [1.165, 1.54) is 7.11 Å². The Labute approximate surface area is 232 Å². The van der Waals surface area contributed by atoms with Gasteiger partial charge in [-0.3, -0.25) is 9.59 Å². The van der Waals surface area contributed by atoms with Gasteiger partial charge in [0.05, 0.1) is 30.9 Å². The van der Waals surface area contributed by atoms with E-state index in [2.05, 4.69) is 21.7 Å². The first-order chi connectivity index (χ1) is 19.2. The quantitative estimate of drug-likeness (QED) is 0.401. The molecular formula is C30H29N4O6-. The molecule has 0 saturated carbocycles. The zero-order valence-corrected chi connectivity index (χ0v) is 22.7. The molecule has 0 aliphatic carbocycles. The largest absolute Gasteiger partial charge is 0.735 e. The van der Waals surface area contributed by atoms with Gasteiger partial charge in [-0.1, -0.05) is 18.1 Å². The summed E-state index contributed by atoms with van der Waals surface area (Å²) in [7, 11) is 1.51. The first kappa shape index (κ1) is 28.1. The number of dihydropyridines is 1. The lowest BCUT2D eigenvalue weighted by molar-refractivity contribution is -0.138.